The summed E-state index contributed by atoms with van der Waals surface area (Å²) in [5.74, 6) is 0.655. The van der Waals surface area contributed by atoms with Gasteiger partial charge in [-0.25, -0.2) is 0 Å². The molecule has 0 saturated carbocycles. The van der Waals surface area contributed by atoms with Crippen molar-refractivity contribution < 1.29 is 0 Å². The Kier molecular flexibility index (Phi) is 4.87. The third-order valence-corrected chi connectivity index (χ3v) is 2.97. The van der Waals surface area contributed by atoms with Crippen LogP contribution in [0.2, 0.25) is 0 Å². The average molecular weight is 204 g/mol. The highest BCUT2D eigenvalue weighted by molar-refractivity contribution is 5.33. The van der Waals surface area contributed by atoms with Gasteiger partial charge >= 0.3 is 0 Å². The highest BCUT2D eigenvalue weighted by Gasteiger charge is 2.06. The standard InChI is InChI=1S/C15H24/c1-5-6-7-8-14-11-13(4)9-10-15(14)12(2)3/h9-12H,5-8H2,1-4H3. The smallest absolute Gasteiger partial charge is 0.0216 e. The van der Waals surface area contributed by atoms with Crippen molar-refractivity contribution in [1.29, 1.82) is 0 Å². The summed E-state index contributed by atoms with van der Waals surface area (Å²) < 4.78 is 0. The van der Waals surface area contributed by atoms with Crippen LogP contribution in [-0.4, -0.2) is 0 Å². The van der Waals surface area contributed by atoms with Crippen LogP contribution in [0, 0.1) is 6.92 Å². The second kappa shape index (κ2) is 5.95. The maximum atomic E-state index is 2.37. The summed E-state index contributed by atoms with van der Waals surface area (Å²) in [6.07, 6.45) is 5.25. The van der Waals surface area contributed by atoms with Crippen LogP contribution in [0.4, 0.5) is 0 Å². The molecule has 0 bridgehead atoms. The van der Waals surface area contributed by atoms with Crippen molar-refractivity contribution in [2.45, 2.75) is 59.3 Å². The van der Waals surface area contributed by atoms with E-state index < -0.39 is 0 Å². The van der Waals surface area contributed by atoms with Crippen LogP contribution >= 0.6 is 0 Å². The van der Waals surface area contributed by atoms with Crippen molar-refractivity contribution in [2.24, 2.45) is 0 Å². The molecule has 1 aromatic carbocycles. The molecule has 0 aliphatic heterocycles. The van der Waals surface area contributed by atoms with Gasteiger partial charge in [-0.05, 0) is 36.8 Å². The molecular formula is C15H24. The van der Waals surface area contributed by atoms with E-state index in [4.69, 9.17) is 0 Å². The summed E-state index contributed by atoms with van der Waals surface area (Å²) in [4.78, 5) is 0. The monoisotopic (exact) mass is 204 g/mol. The Morgan fingerprint density at radius 1 is 1.13 bits per heavy atom. The fourth-order valence-electron chi connectivity index (χ4n) is 2.08. The lowest BCUT2D eigenvalue weighted by Gasteiger charge is -2.13. The normalized spacial score (nSPS) is 11.0. The molecule has 0 aliphatic carbocycles. The summed E-state index contributed by atoms with van der Waals surface area (Å²) in [5, 5.41) is 0. The highest BCUT2D eigenvalue weighted by atomic mass is 14.1. The fraction of sp³-hybridized carbons (Fsp3) is 0.600. The second-order valence-electron chi connectivity index (χ2n) is 4.81. The van der Waals surface area contributed by atoms with Gasteiger partial charge in [-0.1, -0.05) is 57.4 Å². The van der Waals surface area contributed by atoms with E-state index in [1.54, 1.807) is 5.56 Å². The maximum absolute atomic E-state index is 2.37. The average Bonchev–Trinajstić information content (AvgIpc) is 2.18. The first kappa shape index (κ1) is 12.3. The number of aryl methyl sites for hydroxylation is 2. The van der Waals surface area contributed by atoms with E-state index in [1.807, 2.05) is 0 Å². The zero-order valence-electron chi connectivity index (χ0n) is 10.6. The number of hydrogen-bond donors (Lipinski definition) is 0. The molecule has 0 aromatic heterocycles. The maximum Gasteiger partial charge on any atom is -0.0216 e. The summed E-state index contributed by atoms with van der Waals surface area (Å²) in [7, 11) is 0. The minimum atomic E-state index is 0.655. The van der Waals surface area contributed by atoms with Crippen molar-refractivity contribution in [1.82, 2.24) is 0 Å². The van der Waals surface area contributed by atoms with Crippen LogP contribution in [-0.2, 0) is 6.42 Å². The molecule has 0 unspecified atom stereocenters. The van der Waals surface area contributed by atoms with Crippen LogP contribution in [0.1, 0.15) is 62.6 Å². The third-order valence-electron chi connectivity index (χ3n) is 2.97. The Morgan fingerprint density at radius 3 is 2.47 bits per heavy atom. The van der Waals surface area contributed by atoms with Crippen LogP contribution < -0.4 is 0 Å². The summed E-state index contributed by atoms with van der Waals surface area (Å²) >= 11 is 0. The fourth-order valence-corrected chi connectivity index (χ4v) is 2.08. The Labute approximate surface area is 94.7 Å². The number of benzene rings is 1. The van der Waals surface area contributed by atoms with Crippen molar-refractivity contribution in [3.05, 3.63) is 34.9 Å². The van der Waals surface area contributed by atoms with E-state index in [-0.39, 0.29) is 0 Å². The molecule has 15 heavy (non-hydrogen) atoms. The second-order valence-corrected chi connectivity index (χ2v) is 4.81. The van der Waals surface area contributed by atoms with Gasteiger partial charge in [0.1, 0.15) is 0 Å². The van der Waals surface area contributed by atoms with Crippen LogP contribution in [0.25, 0.3) is 0 Å². The van der Waals surface area contributed by atoms with Gasteiger partial charge in [0.05, 0.1) is 0 Å². The molecule has 0 spiro atoms. The summed E-state index contributed by atoms with van der Waals surface area (Å²) in [6, 6.07) is 6.91. The molecular weight excluding hydrogens is 180 g/mol. The quantitative estimate of drug-likeness (QED) is 0.601. The Balaban J connectivity index is 2.77. The molecule has 0 N–H and O–H groups in total. The van der Waals surface area contributed by atoms with Crippen LogP contribution in [0.5, 0.6) is 0 Å². The molecule has 0 heteroatoms. The predicted molar refractivity (Wildman–Crippen MR) is 68.5 cm³/mol. The Hall–Kier alpha value is -0.780. The van der Waals surface area contributed by atoms with Crippen molar-refractivity contribution in [2.75, 3.05) is 0 Å². The molecule has 0 saturated heterocycles. The molecule has 0 amide bonds. The SMILES string of the molecule is CCCCCc1cc(C)ccc1C(C)C. The first-order valence-corrected chi connectivity index (χ1v) is 6.24. The third kappa shape index (κ3) is 3.70. The molecule has 0 atom stereocenters. The van der Waals surface area contributed by atoms with Gasteiger partial charge in [0.25, 0.3) is 0 Å². The van der Waals surface area contributed by atoms with Gasteiger partial charge < -0.3 is 0 Å². The highest BCUT2D eigenvalue weighted by Crippen LogP contribution is 2.22. The molecule has 1 aromatic rings. The summed E-state index contributed by atoms with van der Waals surface area (Å²) in [5.41, 5.74) is 4.50. The molecule has 0 nitrogen and oxygen atoms in total. The van der Waals surface area contributed by atoms with E-state index in [0.717, 1.165) is 0 Å². The topological polar surface area (TPSA) is 0 Å². The van der Waals surface area contributed by atoms with Crippen molar-refractivity contribution in [3.63, 3.8) is 0 Å². The van der Waals surface area contributed by atoms with Crippen molar-refractivity contribution in [3.8, 4) is 0 Å². The van der Waals surface area contributed by atoms with E-state index in [0.29, 0.717) is 5.92 Å². The van der Waals surface area contributed by atoms with Gasteiger partial charge in [-0.2, -0.15) is 0 Å². The lowest BCUT2D eigenvalue weighted by atomic mass is 9.92. The Bertz CT molecular complexity index is 297. The van der Waals surface area contributed by atoms with Gasteiger partial charge in [0, 0.05) is 0 Å². The summed E-state index contributed by atoms with van der Waals surface area (Å²) in [6.45, 7) is 9.02. The van der Waals surface area contributed by atoms with E-state index >= 15 is 0 Å². The van der Waals surface area contributed by atoms with Crippen LogP contribution in [0.3, 0.4) is 0 Å². The molecule has 0 heterocycles. The van der Waals surface area contributed by atoms with Crippen LogP contribution in [0.15, 0.2) is 18.2 Å². The lowest BCUT2D eigenvalue weighted by Crippen LogP contribution is -1.97. The van der Waals surface area contributed by atoms with E-state index in [1.165, 1.54) is 36.8 Å². The molecule has 0 fully saturated rings. The first-order valence-electron chi connectivity index (χ1n) is 6.24. The minimum absolute atomic E-state index is 0.655. The Morgan fingerprint density at radius 2 is 1.87 bits per heavy atom. The number of rotatable bonds is 5. The first-order chi connectivity index (χ1) is 7.15. The zero-order chi connectivity index (χ0) is 11.3. The molecule has 84 valence electrons. The lowest BCUT2D eigenvalue weighted by molar-refractivity contribution is 0.707. The number of unbranched alkanes of at least 4 members (excludes halogenated alkanes) is 2. The minimum Gasteiger partial charge on any atom is -0.0654 e. The van der Waals surface area contributed by atoms with Gasteiger partial charge in [-0.3, -0.25) is 0 Å². The molecule has 0 radical (unpaired) electrons. The zero-order valence-corrected chi connectivity index (χ0v) is 10.6. The van der Waals surface area contributed by atoms with E-state index in [9.17, 15) is 0 Å². The van der Waals surface area contributed by atoms with Crippen molar-refractivity contribution >= 4 is 0 Å². The van der Waals surface area contributed by atoms with Gasteiger partial charge in [0.15, 0.2) is 0 Å². The number of hydrogen-bond acceptors (Lipinski definition) is 0. The molecule has 1 rings (SSSR count). The van der Waals surface area contributed by atoms with Gasteiger partial charge in [-0.15, -0.1) is 0 Å². The van der Waals surface area contributed by atoms with Gasteiger partial charge in [0.2, 0.25) is 0 Å². The van der Waals surface area contributed by atoms with E-state index in [2.05, 4.69) is 45.9 Å². The predicted octanol–water partition coefficient (Wildman–Crippen LogP) is 4.85. The largest absolute Gasteiger partial charge is 0.0654 e. The molecule has 0 aliphatic rings.